The molecule has 4 atom stereocenters. The van der Waals surface area contributed by atoms with Crippen LogP contribution >= 0.6 is 0 Å². The van der Waals surface area contributed by atoms with Crippen LogP contribution in [0.4, 0.5) is 0 Å². The second-order valence-electron chi connectivity index (χ2n) is 2.55. The van der Waals surface area contributed by atoms with Gasteiger partial charge in [0.1, 0.15) is 12.2 Å². The van der Waals surface area contributed by atoms with E-state index in [1.807, 2.05) is 0 Å². The molecule has 0 fully saturated rings. The minimum atomic E-state index is -2.36. The Hall–Kier alpha value is 2.56. The summed E-state index contributed by atoms with van der Waals surface area (Å²) in [7, 11) is 0. The maximum atomic E-state index is 10.1. The van der Waals surface area contributed by atoms with Crippen molar-refractivity contribution in [2.45, 2.75) is 24.4 Å². The quantitative estimate of drug-likeness (QED) is 0.271. The van der Waals surface area contributed by atoms with E-state index >= 15 is 0 Å². The van der Waals surface area contributed by atoms with Gasteiger partial charge in [0, 0.05) is 0 Å². The fraction of sp³-hybridized carbons (Fsp3) is 0.667. The summed E-state index contributed by atoms with van der Waals surface area (Å²) in [6, 6.07) is 0. The molecule has 0 bridgehead atoms. The Labute approximate surface area is 186 Å². The summed E-state index contributed by atoms with van der Waals surface area (Å²) in [6.45, 7) is 0. The summed E-state index contributed by atoms with van der Waals surface area (Å²) in [6.07, 6.45) is -9.28. The van der Waals surface area contributed by atoms with Crippen molar-refractivity contribution in [3.05, 3.63) is 0 Å². The van der Waals surface area contributed by atoms with Crippen molar-refractivity contribution in [1.82, 2.24) is 0 Å². The number of carboxylic acids is 2. The zero-order chi connectivity index (χ0) is 11.5. The zero-order valence-electron chi connectivity index (χ0n) is 6.81. The zero-order valence-corrected chi connectivity index (χ0v) is 6.81. The van der Waals surface area contributed by atoms with Gasteiger partial charge in [0.2, 0.25) is 0 Å². The van der Waals surface area contributed by atoms with E-state index in [2.05, 4.69) is 0 Å². The fourth-order valence-electron chi connectivity index (χ4n) is 0.666. The van der Waals surface area contributed by atoms with Crippen LogP contribution in [0.15, 0.2) is 0 Å². The third-order valence-electron chi connectivity index (χ3n) is 1.50. The molecular weight excluding hydrogens is 320 g/mol. The van der Waals surface area contributed by atoms with Gasteiger partial charge in [0.05, 0.1) is 0 Å². The Morgan fingerprint density at radius 2 is 0.824 bits per heavy atom. The summed E-state index contributed by atoms with van der Waals surface area (Å²) in [4.78, 5) is 20.2. The Kier molecular flexibility index (Phi) is 22.2. The summed E-state index contributed by atoms with van der Waals surface area (Å²) < 4.78 is 0. The molecule has 0 aliphatic rings. The van der Waals surface area contributed by atoms with Crippen LogP contribution in [-0.2, 0) is 9.59 Å². The first-order valence-corrected chi connectivity index (χ1v) is 3.47. The fourth-order valence-corrected chi connectivity index (χ4v) is 0.666. The van der Waals surface area contributed by atoms with E-state index in [9.17, 15) is 9.59 Å². The van der Waals surface area contributed by atoms with Crippen LogP contribution in [0.3, 0.4) is 0 Å². The van der Waals surface area contributed by atoms with Gasteiger partial charge in [-0.1, -0.05) is 0 Å². The van der Waals surface area contributed by atoms with Crippen molar-refractivity contribution in [3.63, 3.8) is 0 Å². The Bertz CT molecular complexity index is 213. The van der Waals surface area contributed by atoms with Gasteiger partial charge in [-0.2, -0.15) is 0 Å². The molecule has 0 aliphatic carbocycles. The van der Waals surface area contributed by atoms with E-state index < -0.39 is 36.4 Å². The third kappa shape index (κ3) is 10.00. The van der Waals surface area contributed by atoms with Crippen LogP contribution in [0.5, 0.6) is 0 Å². The molecule has 0 aromatic carbocycles. The van der Waals surface area contributed by atoms with Gasteiger partial charge >= 0.3 is 125 Å². The van der Waals surface area contributed by atoms with Crippen LogP contribution in [0.25, 0.3) is 0 Å². The van der Waals surface area contributed by atoms with Gasteiger partial charge in [-0.15, -0.1) is 0 Å². The van der Waals surface area contributed by atoms with Crippen LogP contribution in [0.1, 0.15) is 0 Å². The van der Waals surface area contributed by atoms with E-state index in [0.717, 1.165) is 0 Å². The molecule has 4 unspecified atom stereocenters. The van der Waals surface area contributed by atoms with Crippen molar-refractivity contribution in [3.8, 4) is 0 Å². The van der Waals surface area contributed by atoms with Crippen LogP contribution in [-0.4, -0.2) is 180 Å². The van der Waals surface area contributed by atoms with Crippen LogP contribution in [0, 0.1) is 0 Å². The third-order valence-corrected chi connectivity index (χ3v) is 1.50. The summed E-state index contributed by atoms with van der Waals surface area (Å²) in [5.74, 6) is -3.68. The molecule has 0 aromatic rings. The number of aliphatic hydroxyl groups excluding tert-OH is 4. The molecule has 6 N–H and O–H groups in total. The standard InChI is InChI=1S/C6H10O8.3Ca.6H/c7-1(3(9)5(11)12)2(8)4(10)6(13)14;;;;;;;;;/h1-4,7-10H,(H,11,12)(H,13,14);;;;;;;;;. The molecule has 0 aromatic heterocycles. The number of hydrogen-bond donors (Lipinski definition) is 6. The summed E-state index contributed by atoms with van der Waals surface area (Å²) in [5, 5.41) is 51.5. The number of carbonyl (C=O) groups is 2. The maximum absolute atomic E-state index is 10.1. The van der Waals surface area contributed by atoms with Crippen molar-refractivity contribution >= 4 is 125 Å². The van der Waals surface area contributed by atoms with E-state index in [1.54, 1.807) is 0 Å². The molecular formula is C6H16Ca3O8. The van der Waals surface area contributed by atoms with Crippen molar-refractivity contribution < 1.29 is 40.2 Å². The average molecular weight is 336 g/mol. The van der Waals surface area contributed by atoms with Gasteiger partial charge in [-0.25, -0.2) is 9.59 Å². The van der Waals surface area contributed by atoms with Gasteiger partial charge in [0.25, 0.3) is 0 Å². The Morgan fingerprint density at radius 1 is 0.647 bits per heavy atom. The SMILES string of the molecule is O=C(O)C(O)C(O)C(O)C(O)C(=O)O.[CaH2].[CaH2].[CaH2]. The molecule has 0 spiro atoms. The van der Waals surface area contributed by atoms with Crippen LogP contribution in [0.2, 0.25) is 0 Å². The number of aliphatic carboxylic acids is 2. The molecule has 8 nitrogen and oxygen atoms in total. The summed E-state index contributed by atoms with van der Waals surface area (Å²) in [5.41, 5.74) is 0. The van der Waals surface area contributed by atoms with Gasteiger partial charge in [-0.05, 0) is 0 Å². The van der Waals surface area contributed by atoms with E-state index in [0.29, 0.717) is 0 Å². The van der Waals surface area contributed by atoms with Gasteiger partial charge in [-0.3, -0.25) is 0 Å². The summed E-state index contributed by atoms with van der Waals surface area (Å²) >= 11 is 0. The number of hydrogen-bond acceptors (Lipinski definition) is 6. The van der Waals surface area contributed by atoms with E-state index in [-0.39, 0.29) is 113 Å². The normalized spacial score (nSPS) is 16.0. The molecule has 17 heavy (non-hydrogen) atoms. The molecule has 0 aliphatic heterocycles. The first-order chi connectivity index (χ1) is 6.29. The second-order valence-corrected chi connectivity index (χ2v) is 2.55. The molecule has 94 valence electrons. The monoisotopic (exact) mass is 336 g/mol. The molecule has 0 saturated carbocycles. The van der Waals surface area contributed by atoms with Gasteiger partial charge in [0.15, 0.2) is 12.2 Å². The number of carboxylic acid groups (broad SMARTS) is 2. The minimum absolute atomic E-state index is 0. The van der Waals surface area contributed by atoms with Crippen molar-refractivity contribution in [2.24, 2.45) is 0 Å². The van der Waals surface area contributed by atoms with E-state index in [4.69, 9.17) is 30.6 Å². The van der Waals surface area contributed by atoms with Crippen molar-refractivity contribution in [1.29, 1.82) is 0 Å². The Balaban J connectivity index is -0.000000282. The first-order valence-electron chi connectivity index (χ1n) is 3.47. The van der Waals surface area contributed by atoms with Crippen molar-refractivity contribution in [2.75, 3.05) is 0 Å². The first kappa shape index (κ1) is 27.8. The van der Waals surface area contributed by atoms with Gasteiger partial charge < -0.3 is 30.6 Å². The molecule has 0 radical (unpaired) electrons. The second kappa shape index (κ2) is 13.5. The molecule has 0 saturated heterocycles. The van der Waals surface area contributed by atoms with Crippen LogP contribution < -0.4 is 0 Å². The number of rotatable bonds is 5. The molecule has 0 rings (SSSR count). The molecule has 0 heterocycles. The number of aliphatic hydroxyl groups is 4. The predicted molar refractivity (Wildman–Crippen MR) is 64.9 cm³/mol. The molecule has 11 heteroatoms. The molecule has 0 amide bonds. The average Bonchev–Trinajstić information content (AvgIpc) is 2.12. The van der Waals surface area contributed by atoms with E-state index in [1.165, 1.54) is 0 Å². The Morgan fingerprint density at radius 3 is 0.941 bits per heavy atom. The topological polar surface area (TPSA) is 156 Å². The predicted octanol–water partition coefficient (Wildman–Crippen LogP) is -6.15.